The molecular formula is C20H21ClN2O4. The monoisotopic (exact) mass is 388 g/mol. The van der Waals surface area contributed by atoms with Gasteiger partial charge in [-0.15, -0.1) is 0 Å². The van der Waals surface area contributed by atoms with Crippen molar-refractivity contribution < 1.29 is 19.1 Å². The molecule has 27 heavy (non-hydrogen) atoms. The van der Waals surface area contributed by atoms with E-state index in [1.54, 1.807) is 24.3 Å². The van der Waals surface area contributed by atoms with E-state index in [9.17, 15) is 9.59 Å². The van der Waals surface area contributed by atoms with Crippen LogP contribution in [0.25, 0.3) is 0 Å². The van der Waals surface area contributed by atoms with Gasteiger partial charge in [-0.3, -0.25) is 9.59 Å². The number of ether oxygens (including phenoxy) is 2. The first-order valence-electron chi connectivity index (χ1n) is 8.81. The van der Waals surface area contributed by atoms with Crippen LogP contribution in [0.1, 0.15) is 23.2 Å². The molecule has 3 rings (SSSR count). The predicted molar refractivity (Wildman–Crippen MR) is 102 cm³/mol. The van der Waals surface area contributed by atoms with Crippen LogP contribution in [-0.4, -0.2) is 37.6 Å². The molecule has 0 unspecified atom stereocenters. The summed E-state index contributed by atoms with van der Waals surface area (Å²) in [6, 6.07) is 14.1. The molecule has 0 aliphatic carbocycles. The molecular weight excluding hydrogens is 368 g/mol. The highest BCUT2D eigenvalue weighted by atomic mass is 35.5. The summed E-state index contributed by atoms with van der Waals surface area (Å²) in [5, 5.41) is 6.20. The normalized spacial score (nSPS) is 15.1. The lowest BCUT2D eigenvalue weighted by Crippen LogP contribution is -2.40. The van der Waals surface area contributed by atoms with Gasteiger partial charge < -0.3 is 20.1 Å². The topological polar surface area (TPSA) is 76.7 Å². The van der Waals surface area contributed by atoms with Crippen LogP contribution in [0, 0.1) is 0 Å². The van der Waals surface area contributed by atoms with Gasteiger partial charge in [-0.05, 0) is 42.8 Å². The van der Waals surface area contributed by atoms with E-state index in [1.807, 2.05) is 24.3 Å². The van der Waals surface area contributed by atoms with Gasteiger partial charge in [0.1, 0.15) is 12.7 Å². The minimum Gasteiger partial charge on any atom is -0.486 e. The number of halogens is 1. The molecule has 1 aliphatic rings. The average molecular weight is 389 g/mol. The smallest absolute Gasteiger partial charge is 0.251 e. The summed E-state index contributed by atoms with van der Waals surface area (Å²) >= 11 is 5.80. The summed E-state index contributed by atoms with van der Waals surface area (Å²) in [6.07, 6.45) is 0.662. The van der Waals surface area contributed by atoms with E-state index < -0.39 is 0 Å². The molecule has 1 aliphatic heterocycles. The zero-order valence-electron chi connectivity index (χ0n) is 14.7. The number of rotatable bonds is 7. The maximum Gasteiger partial charge on any atom is 0.251 e. The highest BCUT2D eigenvalue weighted by molar-refractivity contribution is 6.30. The first kappa shape index (κ1) is 19.0. The molecule has 2 aromatic rings. The van der Waals surface area contributed by atoms with Gasteiger partial charge in [-0.1, -0.05) is 23.7 Å². The second-order valence-corrected chi connectivity index (χ2v) is 6.60. The largest absolute Gasteiger partial charge is 0.486 e. The second-order valence-electron chi connectivity index (χ2n) is 6.17. The van der Waals surface area contributed by atoms with Crippen LogP contribution in [0.3, 0.4) is 0 Å². The van der Waals surface area contributed by atoms with Crippen molar-refractivity contribution in [3.63, 3.8) is 0 Å². The maximum absolute atomic E-state index is 11.9. The number of carbonyl (C=O) groups excluding carboxylic acids is 2. The molecule has 0 fully saturated rings. The molecule has 2 aromatic carbocycles. The highest BCUT2D eigenvalue weighted by Crippen LogP contribution is 2.30. The maximum atomic E-state index is 11.9. The number of benzene rings is 2. The van der Waals surface area contributed by atoms with Crippen LogP contribution in [0.4, 0.5) is 0 Å². The molecule has 7 heteroatoms. The van der Waals surface area contributed by atoms with Crippen molar-refractivity contribution in [1.82, 2.24) is 10.6 Å². The van der Waals surface area contributed by atoms with Crippen molar-refractivity contribution in [3.8, 4) is 11.5 Å². The molecule has 6 nitrogen and oxygen atoms in total. The molecule has 2 N–H and O–H groups in total. The number of amides is 2. The second kappa shape index (κ2) is 9.28. The molecule has 0 radical (unpaired) electrons. The van der Waals surface area contributed by atoms with E-state index in [0.717, 1.165) is 5.75 Å². The van der Waals surface area contributed by atoms with Gasteiger partial charge in [0.25, 0.3) is 5.91 Å². The number of carbonyl (C=O) groups is 2. The third-order valence-electron chi connectivity index (χ3n) is 4.07. The highest BCUT2D eigenvalue weighted by Gasteiger charge is 2.20. The predicted octanol–water partition coefficient (Wildman–Crippen LogP) is 2.81. The Kier molecular flexibility index (Phi) is 6.54. The number of hydrogen-bond donors (Lipinski definition) is 2. The zero-order valence-corrected chi connectivity index (χ0v) is 15.5. The van der Waals surface area contributed by atoms with Crippen molar-refractivity contribution in [3.05, 3.63) is 59.1 Å². The summed E-state index contributed by atoms with van der Waals surface area (Å²) in [4.78, 5) is 23.9. The SMILES string of the molecule is O=C(CCCNC(=O)c1ccc(Cl)cc1)NC[C@@H]1COc2ccccc2O1. The molecule has 1 heterocycles. The fourth-order valence-corrected chi connectivity index (χ4v) is 2.76. The number of hydrogen-bond acceptors (Lipinski definition) is 4. The van der Waals surface area contributed by atoms with Crippen molar-refractivity contribution in [2.75, 3.05) is 19.7 Å². The van der Waals surface area contributed by atoms with Crippen LogP contribution in [0.2, 0.25) is 5.02 Å². The van der Waals surface area contributed by atoms with E-state index in [-0.39, 0.29) is 17.9 Å². The van der Waals surface area contributed by atoms with Gasteiger partial charge in [0.15, 0.2) is 11.5 Å². The van der Waals surface area contributed by atoms with E-state index in [4.69, 9.17) is 21.1 Å². The summed E-state index contributed by atoms with van der Waals surface area (Å²) < 4.78 is 11.4. The third-order valence-corrected chi connectivity index (χ3v) is 4.32. The van der Waals surface area contributed by atoms with E-state index in [2.05, 4.69) is 10.6 Å². The minimum absolute atomic E-state index is 0.0850. The summed E-state index contributed by atoms with van der Waals surface area (Å²) in [5.41, 5.74) is 0.540. The number of fused-ring (bicyclic) bond motifs is 1. The molecule has 142 valence electrons. The average Bonchev–Trinajstić information content (AvgIpc) is 2.70. The zero-order chi connectivity index (χ0) is 19.1. The van der Waals surface area contributed by atoms with Gasteiger partial charge in [-0.25, -0.2) is 0 Å². The van der Waals surface area contributed by atoms with Crippen LogP contribution >= 0.6 is 11.6 Å². The lowest BCUT2D eigenvalue weighted by atomic mass is 10.2. The summed E-state index contributed by atoms with van der Waals surface area (Å²) in [5.74, 6) is 1.14. The Bertz CT molecular complexity index is 795. The van der Waals surface area contributed by atoms with Gasteiger partial charge in [0, 0.05) is 23.6 Å². The minimum atomic E-state index is -0.214. The summed E-state index contributed by atoms with van der Waals surface area (Å²) in [7, 11) is 0. The van der Waals surface area contributed by atoms with Crippen LogP contribution in [-0.2, 0) is 4.79 Å². The van der Waals surface area contributed by atoms with Gasteiger partial charge in [0.2, 0.25) is 5.91 Å². The van der Waals surface area contributed by atoms with Crippen molar-refractivity contribution in [2.24, 2.45) is 0 Å². The van der Waals surface area contributed by atoms with E-state index in [1.165, 1.54) is 0 Å². The summed E-state index contributed by atoms with van der Waals surface area (Å²) in [6.45, 7) is 1.20. The lowest BCUT2D eigenvalue weighted by molar-refractivity contribution is -0.121. The number of para-hydroxylation sites is 2. The Balaban J connectivity index is 1.31. The van der Waals surface area contributed by atoms with Crippen LogP contribution in [0.15, 0.2) is 48.5 Å². The van der Waals surface area contributed by atoms with E-state index >= 15 is 0 Å². The fourth-order valence-electron chi connectivity index (χ4n) is 2.63. The molecule has 1 atom stereocenters. The fraction of sp³-hybridized carbons (Fsp3) is 0.300. The third kappa shape index (κ3) is 5.62. The quantitative estimate of drug-likeness (QED) is 0.715. The van der Waals surface area contributed by atoms with Crippen LogP contribution in [0.5, 0.6) is 11.5 Å². The standard InChI is InChI=1S/C20H21ClN2O4/c21-15-9-7-14(8-10-15)20(25)22-11-3-6-19(24)23-12-16-13-26-17-4-1-2-5-18(17)27-16/h1-2,4-5,7-10,16H,3,6,11-13H2,(H,22,25)(H,23,24)/t16-/m1/s1. The van der Waals surface area contributed by atoms with Crippen molar-refractivity contribution >= 4 is 23.4 Å². The molecule has 0 saturated carbocycles. The molecule has 0 bridgehead atoms. The Morgan fingerprint density at radius 1 is 1.04 bits per heavy atom. The lowest BCUT2D eigenvalue weighted by Gasteiger charge is -2.26. The molecule has 0 aromatic heterocycles. The Hall–Kier alpha value is -2.73. The Labute approximate surface area is 162 Å². The van der Waals surface area contributed by atoms with Crippen molar-refractivity contribution in [1.29, 1.82) is 0 Å². The van der Waals surface area contributed by atoms with Gasteiger partial charge in [-0.2, -0.15) is 0 Å². The van der Waals surface area contributed by atoms with Gasteiger partial charge in [0.05, 0.1) is 6.54 Å². The molecule has 2 amide bonds. The van der Waals surface area contributed by atoms with Crippen molar-refractivity contribution in [2.45, 2.75) is 18.9 Å². The molecule has 0 saturated heterocycles. The number of nitrogens with one attached hydrogen (secondary N) is 2. The van der Waals surface area contributed by atoms with Gasteiger partial charge >= 0.3 is 0 Å². The Morgan fingerprint density at radius 2 is 1.78 bits per heavy atom. The molecule has 0 spiro atoms. The van der Waals surface area contributed by atoms with E-state index in [0.29, 0.717) is 48.9 Å². The first-order valence-corrected chi connectivity index (χ1v) is 9.18. The van der Waals surface area contributed by atoms with Crippen LogP contribution < -0.4 is 20.1 Å². The Morgan fingerprint density at radius 3 is 2.56 bits per heavy atom. The first-order chi connectivity index (χ1) is 13.1.